The van der Waals surface area contributed by atoms with E-state index in [9.17, 15) is 9.59 Å². The Bertz CT molecular complexity index is 1720. The Balaban J connectivity index is 1.30. The van der Waals surface area contributed by atoms with Gasteiger partial charge in [-0.15, -0.1) is 23.1 Å². The van der Waals surface area contributed by atoms with Gasteiger partial charge in [0.2, 0.25) is 5.91 Å². The third-order valence-corrected chi connectivity index (χ3v) is 8.86. The van der Waals surface area contributed by atoms with Crippen LogP contribution in [0.15, 0.2) is 102 Å². The highest BCUT2D eigenvalue weighted by molar-refractivity contribution is 8.00. The molecule has 1 aromatic heterocycles. The summed E-state index contributed by atoms with van der Waals surface area (Å²) in [6.45, 7) is 4.06. The monoisotopic (exact) mass is 609 g/mol. The Morgan fingerprint density at radius 1 is 0.814 bits per heavy atom. The van der Waals surface area contributed by atoms with Crippen LogP contribution in [-0.4, -0.2) is 31.0 Å². The maximum Gasteiger partial charge on any atom is 0.255 e. The Hall–Kier alpha value is -4.60. The van der Waals surface area contributed by atoms with E-state index in [1.165, 1.54) is 35.8 Å². The van der Waals surface area contributed by atoms with Crippen molar-refractivity contribution >= 4 is 45.7 Å². The molecule has 0 spiro atoms. The molecule has 0 saturated heterocycles. The topological polar surface area (TPSA) is 89.5 Å². The molecular formula is C34H31N3O4S2. The van der Waals surface area contributed by atoms with Crippen molar-refractivity contribution in [1.29, 1.82) is 0 Å². The summed E-state index contributed by atoms with van der Waals surface area (Å²) in [4.78, 5) is 33.2. The Kier molecular flexibility index (Phi) is 9.44. The maximum absolute atomic E-state index is 13.6. The highest BCUT2D eigenvalue weighted by Crippen LogP contribution is 2.38. The van der Waals surface area contributed by atoms with Crippen molar-refractivity contribution in [2.75, 3.05) is 24.9 Å². The summed E-state index contributed by atoms with van der Waals surface area (Å²) in [5, 5.41) is 6.01. The SMILES string of the molecule is COc1ccc(C(=O)Nc2ccc(SC(C(=O)Nc3nc(-c4ccc(C)cc4)c(C)s3)c3ccccc3)cc2)cc1OC. The Labute approximate surface area is 259 Å². The van der Waals surface area contributed by atoms with Crippen molar-refractivity contribution in [2.24, 2.45) is 0 Å². The second-order valence-electron chi connectivity index (χ2n) is 9.74. The van der Waals surface area contributed by atoms with E-state index in [1.807, 2.05) is 73.7 Å². The van der Waals surface area contributed by atoms with Gasteiger partial charge in [0.15, 0.2) is 16.6 Å². The van der Waals surface area contributed by atoms with Gasteiger partial charge in [0.05, 0.1) is 19.9 Å². The number of benzene rings is 4. The number of carbonyl (C=O) groups excluding carboxylic acids is 2. The normalized spacial score (nSPS) is 11.4. The number of ether oxygens (including phenoxy) is 2. The van der Waals surface area contributed by atoms with Gasteiger partial charge >= 0.3 is 0 Å². The Morgan fingerprint density at radius 2 is 1.51 bits per heavy atom. The third kappa shape index (κ3) is 7.25. The summed E-state index contributed by atoms with van der Waals surface area (Å²) in [6, 6.07) is 30.3. The van der Waals surface area contributed by atoms with Crippen LogP contribution < -0.4 is 20.1 Å². The summed E-state index contributed by atoms with van der Waals surface area (Å²) in [6.07, 6.45) is 0. The van der Waals surface area contributed by atoms with Crippen molar-refractivity contribution in [3.8, 4) is 22.8 Å². The van der Waals surface area contributed by atoms with Gasteiger partial charge in [-0.05, 0) is 61.9 Å². The van der Waals surface area contributed by atoms with Crippen LogP contribution in [0.25, 0.3) is 11.3 Å². The zero-order valence-electron chi connectivity index (χ0n) is 24.2. The minimum absolute atomic E-state index is 0.161. The molecule has 5 aromatic rings. The van der Waals surface area contributed by atoms with Crippen molar-refractivity contribution < 1.29 is 19.1 Å². The number of aromatic nitrogens is 1. The molecule has 7 nitrogen and oxygen atoms in total. The number of nitrogens with one attached hydrogen (secondary N) is 2. The summed E-state index contributed by atoms with van der Waals surface area (Å²) < 4.78 is 10.6. The number of nitrogens with zero attached hydrogens (tertiary/aromatic N) is 1. The first-order valence-electron chi connectivity index (χ1n) is 13.5. The first kappa shape index (κ1) is 29.9. The molecule has 218 valence electrons. The molecule has 4 aromatic carbocycles. The van der Waals surface area contributed by atoms with Crippen LogP contribution in [-0.2, 0) is 4.79 Å². The summed E-state index contributed by atoms with van der Waals surface area (Å²) in [5.74, 6) is 0.596. The second-order valence-corrected chi connectivity index (χ2v) is 12.1. The lowest BCUT2D eigenvalue weighted by Gasteiger charge is -2.16. The van der Waals surface area contributed by atoms with E-state index in [1.54, 1.807) is 25.3 Å². The van der Waals surface area contributed by atoms with E-state index in [4.69, 9.17) is 14.5 Å². The van der Waals surface area contributed by atoms with Gasteiger partial charge in [0.25, 0.3) is 5.91 Å². The average molecular weight is 610 g/mol. The van der Waals surface area contributed by atoms with Gasteiger partial charge in [-0.3, -0.25) is 9.59 Å². The molecule has 0 fully saturated rings. The Morgan fingerprint density at radius 3 is 2.19 bits per heavy atom. The van der Waals surface area contributed by atoms with E-state index >= 15 is 0 Å². The summed E-state index contributed by atoms with van der Waals surface area (Å²) in [7, 11) is 3.07. The number of anilines is 2. The van der Waals surface area contributed by atoms with Crippen LogP contribution >= 0.6 is 23.1 Å². The number of thiazole rings is 1. The highest BCUT2D eigenvalue weighted by atomic mass is 32.2. The van der Waals surface area contributed by atoms with E-state index < -0.39 is 5.25 Å². The summed E-state index contributed by atoms with van der Waals surface area (Å²) in [5.41, 5.74) is 5.03. The zero-order chi connectivity index (χ0) is 30.3. The molecule has 9 heteroatoms. The molecule has 1 unspecified atom stereocenters. The quantitative estimate of drug-likeness (QED) is 0.155. The molecule has 0 aliphatic rings. The molecule has 0 aliphatic heterocycles. The smallest absolute Gasteiger partial charge is 0.255 e. The standard InChI is InChI=1S/C34H31N3O4S2/c1-21-10-12-23(13-11-21)30-22(2)42-34(36-30)37-33(39)31(24-8-6-5-7-9-24)43-27-17-15-26(16-18-27)35-32(38)25-14-19-28(40-3)29(20-25)41-4/h5-20,31H,1-4H3,(H,35,38)(H,36,37,39). The van der Waals surface area contributed by atoms with Crippen LogP contribution in [0.1, 0.15) is 31.6 Å². The van der Waals surface area contributed by atoms with Crippen molar-refractivity contribution in [3.05, 3.63) is 119 Å². The lowest BCUT2D eigenvalue weighted by molar-refractivity contribution is -0.115. The van der Waals surface area contributed by atoms with Crippen LogP contribution in [0.5, 0.6) is 11.5 Å². The fourth-order valence-corrected chi connectivity index (χ4v) is 6.30. The largest absolute Gasteiger partial charge is 0.493 e. The number of rotatable bonds is 10. The number of carbonyl (C=O) groups is 2. The lowest BCUT2D eigenvalue weighted by atomic mass is 10.1. The molecule has 0 radical (unpaired) electrons. The van der Waals surface area contributed by atoms with E-state index in [0.29, 0.717) is 27.9 Å². The predicted octanol–water partition coefficient (Wildman–Crippen LogP) is 8.17. The van der Waals surface area contributed by atoms with Gasteiger partial charge < -0.3 is 20.1 Å². The van der Waals surface area contributed by atoms with E-state index in [2.05, 4.69) is 29.7 Å². The molecule has 2 N–H and O–H groups in total. The van der Waals surface area contributed by atoms with Crippen molar-refractivity contribution in [2.45, 2.75) is 24.0 Å². The predicted molar refractivity (Wildman–Crippen MR) is 175 cm³/mol. The molecule has 0 aliphatic carbocycles. The lowest BCUT2D eigenvalue weighted by Crippen LogP contribution is -2.19. The van der Waals surface area contributed by atoms with Crippen LogP contribution in [0.4, 0.5) is 10.8 Å². The van der Waals surface area contributed by atoms with Gasteiger partial charge in [-0.25, -0.2) is 4.98 Å². The van der Waals surface area contributed by atoms with Crippen LogP contribution in [0, 0.1) is 13.8 Å². The van der Waals surface area contributed by atoms with Gasteiger partial charge in [0.1, 0.15) is 5.25 Å². The highest BCUT2D eigenvalue weighted by Gasteiger charge is 2.24. The maximum atomic E-state index is 13.6. The number of thioether (sulfide) groups is 1. The molecule has 5 rings (SSSR count). The van der Waals surface area contributed by atoms with Gasteiger partial charge in [0, 0.05) is 26.6 Å². The number of aryl methyl sites for hydroxylation is 2. The molecule has 0 saturated carbocycles. The molecule has 1 heterocycles. The number of hydrogen-bond acceptors (Lipinski definition) is 7. The number of hydrogen-bond donors (Lipinski definition) is 2. The number of methoxy groups -OCH3 is 2. The van der Waals surface area contributed by atoms with Crippen molar-refractivity contribution in [1.82, 2.24) is 4.98 Å². The van der Waals surface area contributed by atoms with Gasteiger partial charge in [-0.1, -0.05) is 60.2 Å². The van der Waals surface area contributed by atoms with E-state index in [0.717, 1.165) is 26.6 Å². The van der Waals surface area contributed by atoms with E-state index in [-0.39, 0.29) is 11.8 Å². The third-order valence-electron chi connectivity index (χ3n) is 6.70. The zero-order valence-corrected chi connectivity index (χ0v) is 25.8. The average Bonchev–Trinajstić information content (AvgIpc) is 3.40. The second kappa shape index (κ2) is 13.6. The molecular weight excluding hydrogens is 579 g/mol. The minimum Gasteiger partial charge on any atom is -0.493 e. The minimum atomic E-state index is -0.513. The molecule has 1 atom stereocenters. The van der Waals surface area contributed by atoms with Crippen molar-refractivity contribution in [3.63, 3.8) is 0 Å². The first-order chi connectivity index (χ1) is 20.8. The fraction of sp³-hybridized carbons (Fsp3) is 0.147. The molecule has 2 amide bonds. The summed E-state index contributed by atoms with van der Waals surface area (Å²) >= 11 is 2.90. The first-order valence-corrected chi connectivity index (χ1v) is 15.2. The fourth-order valence-electron chi connectivity index (χ4n) is 4.43. The van der Waals surface area contributed by atoms with Crippen LogP contribution in [0.2, 0.25) is 0 Å². The number of amides is 2. The molecule has 0 bridgehead atoms. The van der Waals surface area contributed by atoms with Crippen LogP contribution in [0.3, 0.4) is 0 Å². The molecule has 43 heavy (non-hydrogen) atoms. The van der Waals surface area contributed by atoms with Gasteiger partial charge in [-0.2, -0.15) is 0 Å².